The summed E-state index contributed by atoms with van der Waals surface area (Å²) in [7, 11) is 0. The maximum absolute atomic E-state index is 4.96. The summed E-state index contributed by atoms with van der Waals surface area (Å²) in [5, 5.41) is 8.97. The van der Waals surface area contributed by atoms with Crippen LogP contribution in [0, 0.1) is 6.92 Å². The van der Waals surface area contributed by atoms with Crippen LogP contribution >= 0.6 is 11.3 Å². The number of nitrogens with zero attached hydrogens (tertiary/aromatic N) is 4. The number of fused-ring (bicyclic) bond motifs is 1. The Kier molecular flexibility index (Phi) is 4.72. The first-order chi connectivity index (χ1) is 14.7. The van der Waals surface area contributed by atoms with Gasteiger partial charge in [0.15, 0.2) is 5.82 Å². The molecular formula is C23H20N6S. The fraction of sp³-hybridized carbons (Fsp3) is 0.130. The molecule has 4 aromatic heterocycles. The molecule has 0 amide bonds. The average Bonchev–Trinajstić information content (AvgIpc) is 3.53. The molecule has 5 aromatic rings. The smallest absolute Gasteiger partial charge is 0.159 e. The summed E-state index contributed by atoms with van der Waals surface area (Å²) in [5.74, 6) is 0.732. The molecule has 0 spiro atoms. The number of H-pyrrole nitrogens is 2. The second-order valence-corrected chi connectivity index (χ2v) is 7.88. The van der Waals surface area contributed by atoms with Gasteiger partial charge in [-0.3, -0.25) is 10.1 Å². The molecule has 2 N–H and O–H groups in total. The number of thiophene rings is 1. The minimum absolute atomic E-state index is 0.640. The first-order valence-corrected chi connectivity index (χ1v) is 10.7. The molecule has 1 aromatic carbocycles. The Labute approximate surface area is 177 Å². The molecule has 0 radical (unpaired) electrons. The summed E-state index contributed by atoms with van der Waals surface area (Å²) in [6, 6.07) is 14.5. The summed E-state index contributed by atoms with van der Waals surface area (Å²) in [6.07, 6.45) is 3.61. The van der Waals surface area contributed by atoms with E-state index in [1.54, 1.807) is 17.5 Å². The maximum atomic E-state index is 4.96. The van der Waals surface area contributed by atoms with Crippen LogP contribution in [-0.2, 0) is 0 Å². The zero-order valence-electron chi connectivity index (χ0n) is 16.7. The van der Waals surface area contributed by atoms with Crippen LogP contribution in [0.1, 0.15) is 24.0 Å². The van der Waals surface area contributed by atoms with E-state index in [0.717, 1.165) is 50.6 Å². The third kappa shape index (κ3) is 3.23. The number of pyridine rings is 1. The molecule has 0 fully saturated rings. The van der Waals surface area contributed by atoms with Crippen molar-refractivity contribution in [2.75, 3.05) is 6.54 Å². The van der Waals surface area contributed by atoms with Gasteiger partial charge in [0.25, 0.3) is 0 Å². The molecule has 148 valence electrons. The van der Waals surface area contributed by atoms with Crippen LogP contribution in [0.5, 0.6) is 0 Å². The molecule has 0 aliphatic heterocycles. The minimum atomic E-state index is 0.640. The summed E-state index contributed by atoms with van der Waals surface area (Å²) in [4.78, 5) is 19.3. The maximum Gasteiger partial charge on any atom is 0.159 e. The Morgan fingerprint density at radius 2 is 2.03 bits per heavy atom. The van der Waals surface area contributed by atoms with Crippen molar-refractivity contribution in [3.05, 3.63) is 77.3 Å². The number of hydrogen-bond acceptors (Lipinski definition) is 5. The van der Waals surface area contributed by atoms with Gasteiger partial charge in [-0.2, -0.15) is 5.10 Å². The molecule has 0 aliphatic rings. The van der Waals surface area contributed by atoms with Gasteiger partial charge in [0, 0.05) is 28.7 Å². The number of hydrogen-bond donors (Lipinski definition) is 2. The van der Waals surface area contributed by atoms with Crippen LogP contribution < -0.4 is 0 Å². The lowest BCUT2D eigenvalue weighted by Crippen LogP contribution is -2.11. The fourth-order valence-corrected chi connectivity index (χ4v) is 4.27. The van der Waals surface area contributed by atoms with Crippen LogP contribution in [0.3, 0.4) is 0 Å². The first kappa shape index (κ1) is 18.4. The SMILES string of the molecule is CCN=C(c1nc2c(-c3cccs3)cccc2[nH]1)c1nc(-c2cn[nH]c2)ccc1C. The van der Waals surface area contributed by atoms with Crippen molar-refractivity contribution in [3.8, 4) is 21.7 Å². The van der Waals surface area contributed by atoms with E-state index in [1.807, 2.05) is 26.1 Å². The zero-order chi connectivity index (χ0) is 20.5. The lowest BCUT2D eigenvalue weighted by atomic mass is 10.1. The van der Waals surface area contributed by atoms with Crippen LogP contribution in [0.25, 0.3) is 32.7 Å². The Balaban J connectivity index is 1.66. The molecule has 0 saturated heterocycles. The van der Waals surface area contributed by atoms with E-state index in [4.69, 9.17) is 15.0 Å². The number of imidazole rings is 1. The Morgan fingerprint density at radius 3 is 2.80 bits per heavy atom. The molecular weight excluding hydrogens is 392 g/mol. The van der Waals surface area contributed by atoms with Crippen LogP contribution in [0.15, 0.2) is 65.2 Å². The van der Waals surface area contributed by atoms with Gasteiger partial charge in [-0.05, 0) is 43.0 Å². The third-order valence-corrected chi connectivity index (χ3v) is 5.86. The van der Waals surface area contributed by atoms with Crippen LogP contribution in [-0.4, -0.2) is 37.4 Å². The standard InChI is InChI=1S/C23H20N6S/c1-3-24-22(20-14(2)9-10-17(27-20)15-12-25-26-13-15)23-28-18-7-4-6-16(21(18)29-23)19-8-5-11-30-19/h4-13H,3H2,1-2H3,(H,25,26)(H,28,29). The molecule has 4 heterocycles. The molecule has 0 aliphatic carbocycles. The van der Waals surface area contributed by atoms with E-state index in [9.17, 15) is 0 Å². The largest absolute Gasteiger partial charge is 0.337 e. The van der Waals surface area contributed by atoms with Gasteiger partial charge in [-0.1, -0.05) is 24.3 Å². The number of benzene rings is 1. The van der Waals surface area contributed by atoms with Crippen LogP contribution in [0.2, 0.25) is 0 Å². The number of aryl methyl sites for hydroxylation is 1. The monoisotopic (exact) mass is 412 g/mol. The lowest BCUT2D eigenvalue weighted by molar-refractivity contribution is 1.09. The van der Waals surface area contributed by atoms with Crippen LogP contribution in [0.4, 0.5) is 0 Å². The number of para-hydroxylation sites is 1. The summed E-state index contributed by atoms with van der Waals surface area (Å²) >= 11 is 1.71. The van der Waals surface area contributed by atoms with Crippen molar-refractivity contribution in [1.82, 2.24) is 25.1 Å². The topological polar surface area (TPSA) is 82.6 Å². The quantitative estimate of drug-likeness (QED) is 0.387. The second-order valence-electron chi connectivity index (χ2n) is 6.94. The van der Waals surface area contributed by atoms with Crippen molar-refractivity contribution < 1.29 is 0 Å². The lowest BCUT2D eigenvalue weighted by Gasteiger charge is -2.09. The molecule has 5 rings (SSSR count). The second kappa shape index (κ2) is 7.68. The van der Waals surface area contributed by atoms with E-state index in [2.05, 4.69) is 57.0 Å². The Bertz CT molecular complexity index is 1330. The van der Waals surface area contributed by atoms with E-state index < -0.39 is 0 Å². The highest BCUT2D eigenvalue weighted by molar-refractivity contribution is 7.13. The molecule has 6 nitrogen and oxygen atoms in total. The van der Waals surface area contributed by atoms with Crippen molar-refractivity contribution in [3.63, 3.8) is 0 Å². The van der Waals surface area contributed by atoms with Gasteiger partial charge in [0.2, 0.25) is 0 Å². The van der Waals surface area contributed by atoms with Crippen molar-refractivity contribution in [2.45, 2.75) is 13.8 Å². The van der Waals surface area contributed by atoms with Gasteiger partial charge >= 0.3 is 0 Å². The third-order valence-electron chi connectivity index (χ3n) is 4.96. The normalized spacial score (nSPS) is 12.0. The molecule has 0 saturated carbocycles. The Morgan fingerprint density at radius 1 is 1.10 bits per heavy atom. The van der Waals surface area contributed by atoms with E-state index in [1.165, 1.54) is 4.88 Å². The van der Waals surface area contributed by atoms with E-state index in [0.29, 0.717) is 6.54 Å². The van der Waals surface area contributed by atoms with Gasteiger partial charge in [0.1, 0.15) is 5.71 Å². The number of aliphatic imine (C=N–C) groups is 1. The first-order valence-electron chi connectivity index (χ1n) is 9.79. The van der Waals surface area contributed by atoms with Gasteiger partial charge in [0.05, 0.1) is 28.6 Å². The van der Waals surface area contributed by atoms with Crippen molar-refractivity contribution >= 4 is 28.1 Å². The van der Waals surface area contributed by atoms with Gasteiger partial charge in [-0.25, -0.2) is 9.97 Å². The molecule has 0 bridgehead atoms. The number of aromatic nitrogens is 5. The Hall–Kier alpha value is -3.58. The zero-order valence-corrected chi connectivity index (χ0v) is 17.5. The summed E-state index contributed by atoms with van der Waals surface area (Å²) in [5.41, 5.74) is 7.50. The average molecular weight is 413 g/mol. The highest BCUT2D eigenvalue weighted by atomic mass is 32.1. The summed E-state index contributed by atoms with van der Waals surface area (Å²) in [6.45, 7) is 4.71. The number of rotatable bonds is 5. The number of nitrogens with one attached hydrogen (secondary N) is 2. The predicted molar refractivity (Wildman–Crippen MR) is 122 cm³/mol. The predicted octanol–water partition coefficient (Wildman–Crippen LogP) is 5.24. The number of aromatic amines is 2. The molecule has 30 heavy (non-hydrogen) atoms. The molecule has 0 unspecified atom stereocenters. The fourth-order valence-electron chi connectivity index (χ4n) is 3.52. The van der Waals surface area contributed by atoms with Crippen molar-refractivity contribution in [1.29, 1.82) is 0 Å². The summed E-state index contributed by atoms with van der Waals surface area (Å²) < 4.78 is 0. The van der Waals surface area contributed by atoms with Gasteiger partial charge in [-0.15, -0.1) is 11.3 Å². The van der Waals surface area contributed by atoms with E-state index in [-0.39, 0.29) is 0 Å². The van der Waals surface area contributed by atoms with Gasteiger partial charge < -0.3 is 4.98 Å². The molecule has 7 heteroatoms. The molecule has 0 atom stereocenters. The highest BCUT2D eigenvalue weighted by Gasteiger charge is 2.18. The highest BCUT2D eigenvalue weighted by Crippen LogP contribution is 2.31. The minimum Gasteiger partial charge on any atom is -0.337 e. The van der Waals surface area contributed by atoms with E-state index >= 15 is 0 Å². The van der Waals surface area contributed by atoms with Crippen molar-refractivity contribution in [2.24, 2.45) is 4.99 Å².